The molecule has 0 fully saturated rings. The number of hydrogen-bond acceptors (Lipinski definition) is 5. The summed E-state index contributed by atoms with van der Waals surface area (Å²) in [6.07, 6.45) is 3.50. The summed E-state index contributed by atoms with van der Waals surface area (Å²) in [5, 5.41) is 21.2. The maximum Gasteiger partial charge on any atom is 0.326 e. The van der Waals surface area contributed by atoms with Crippen molar-refractivity contribution >= 4 is 11.9 Å². The van der Waals surface area contributed by atoms with Crippen LogP contribution in [0.15, 0.2) is 59.0 Å². The van der Waals surface area contributed by atoms with Crippen molar-refractivity contribution in [3.05, 3.63) is 82.8 Å². The topological polar surface area (TPSA) is 109 Å². The Kier molecular flexibility index (Phi) is 10.5. The molecule has 37 heavy (non-hydrogen) atoms. The number of carbonyl (C=O) groups excluding carboxylic acids is 1. The second-order valence-corrected chi connectivity index (χ2v) is 9.17. The number of carbonyl (C=O) groups is 2. The number of aliphatic hydroxyl groups is 1. The average Bonchev–Trinajstić information content (AvgIpc) is 3.38. The minimum atomic E-state index is -1.19. The van der Waals surface area contributed by atoms with Crippen LogP contribution >= 0.6 is 0 Å². The van der Waals surface area contributed by atoms with Crippen molar-refractivity contribution < 1.29 is 29.0 Å². The molecular weight excluding hydrogens is 470 g/mol. The quantitative estimate of drug-likeness (QED) is 0.253. The van der Waals surface area contributed by atoms with Gasteiger partial charge in [0.25, 0.3) is 5.91 Å². The van der Waals surface area contributed by atoms with Crippen LogP contribution in [0.5, 0.6) is 0 Å². The summed E-state index contributed by atoms with van der Waals surface area (Å²) in [4.78, 5) is 24.7. The van der Waals surface area contributed by atoms with Crippen molar-refractivity contribution in [2.45, 2.75) is 71.6 Å². The van der Waals surface area contributed by atoms with Crippen molar-refractivity contribution in [1.29, 1.82) is 0 Å². The van der Waals surface area contributed by atoms with Gasteiger partial charge in [-0.3, -0.25) is 4.79 Å². The lowest BCUT2D eigenvalue weighted by atomic mass is 9.93. The number of hydrogen-bond donors (Lipinski definition) is 3. The summed E-state index contributed by atoms with van der Waals surface area (Å²) in [6, 6.07) is 16.0. The zero-order valence-electron chi connectivity index (χ0n) is 21.8. The number of amides is 1. The van der Waals surface area contributed by atoms with Crippen LogP contribution in [-0.4, -0.2) is 34.7 Å². The Hall–Kier alpha value is -3.42. The van der Waals surface area contributed by atoms with Crippen molar-refractivity contribution in [2.24, 2.45) is 0 Å². The number of nitrogens with one attached hydrogen (secondary N) is 1. The fraction of sp³-hybridized carbons (Fsp3) is 0.400. The Morgan fingerprint density at radius 2 is 1.81 bits per heavy atom. The molecule has 7 nitrogen and oxygen atoms in total. The van der Waals surface area contributed by atoms with E-state index in [1.54, 1.807) is 6.07 Å². The molecule has 2 aromatic carbocycles. The smallest absolute Gasteiger partial charge is 0.326 e. The minimum absolute atomic E-state index is 0.0711. The van der Waals surface area contributed by atoms with Crippen molar-refractivity contribution in [3.8, 4) is 11.1 Å². The molecule has 198 valence electrons. The second kappa shape index (κ2) is 13.8. The van der Waals surface area contributed by atoms with Gasteiger partial charge in [-0.05, 0) is 59.9 Å². The van der Waals surface area contributed by atoms with Gasteiger partial charge in [0.15, 0.2) is 0 Å². The lowest BCUT2D eigenvalue weighted by Gasteiger charge is -2.19. The summed E-state index contributed by atoms with van der Waals surface area (Å²) < 4.78 is 12.3. The highest BCUT2D eigenvalue weighted by Crippen LogP contribution is 2.31. The third kappa shape index (κ3) is 7.54. The van der Waals surface area contributed by atoms with Gasteiger partial charge in [-0.1, -0.05) is 57.0 Å². The first-order valence-corrected chi connectivity index (χ1v) is 12.9. The van der Waals surface area contributed by atoms with E-state index in [0.29, 0.717) is 17.7 Å². The molecule has 2 atom stereocenters. The minimum Gasteiger partial charge on any atom is -0.480 e. The van der Waals surface area contributed by atoms with E-state index in [0.717, 1.165) is 53.9 Å². The van der Waals surface area contributed by atoms with E-state index in [4.69, 9.17) is 9.15 Å². The number of furan rings is 1. The molecular formula is C30H37NO6. The maximum absolute atomic E-state index is 13.2. The molecule has 0 saturated heterocycles. The standard InChI is InChI=1S/C30H37NO6/c1-4-6-11-27(28-15-13-22(5-2)37-28)36-19-21-12-14-24(29(33)31-26(16-17-32)30(34)35)25(18-21)23-10-8-7-9-20(23)3/h7-10,12-15,18,26-27,32H,4-6,11,16-17,19H2,1-3H3,(H,31,33)(H,34,35). The molecule has 0 aliphatic heterocycles. The van der Waals surface area contributed by atoms with E-state index in [9.17, 15) is 19.8 Å². The number of ether oxygens (including phenoxy) is 1. The van der Waals surface area contributed by atoms with E-state index in [1.807, 2.05) is 55.5 Å². The predicted octanol–water partition coefficient (Wildman–Crippen LogP) is 5.83. The maximum atomic E-state index is 13.2. The number of aliphatic hydroxyl groups excluding tert-OH is 1. The SMILES string of the molecule is CCCCC(OCc1ccc(C(=O)NC(CCO)C(=O)O)c(-c2ccccc2C)c1)c1ccc(CC)o1. The molecule has 0 radical (unpaired) electrons. The molecule has 0 aliphatic carbocycles. The van der Waals surface area contributed by atoms with Gasteiger partial charge >= 0.3 is 5.97 Å². The largest absolute Gasteiger partial charge is 0.480 e. The molecule has 1 aromatic heterocycles. The molecule has 3 N–H and O–H groups in total. The Morgan fingerprint density at radius 3 is 2.46 bits per heavy atom. The lowest BCUT2D eigenvalue weighted by molar-refractivity contribution is -0.139. The number of carboxylic acids is 1. The monoisotopic (exact) mass is 507 g/mol. The number of unbranched alkanes of at least 4 members (excludes halogenated alkanes) is 1. The van der Waals surface area contributed by atoms with Crippen molar-refractivity contribution in [1.82, 2.24) is 5.32 Å². The normalized spacial score (nSPS) is 12.8. The van der Waals surface area contributed by atoms with Crippen LogP contribution in [0.1, 0.15) is 78.6 Å². The van der Waals surface area contributed by atoms with Gasteiger partial charge in [0, 0.05) is 25.0 Å². The Morgan fingerprint density at radius 1 is 1.03 bits per heavy atom. The molecule has 1 amide bonds. The van der Waals surface area contributed by atoms with Gasteiger partial charge in [0.05, 0.1) is 6.61 Å². The fourth-order valence-electron chi connectivity index (χ4n) is 4.25. The Labute approximate surface area is 218 Å². The summed E-state index contributed by atoms with van der Waals surface area (Å²) in [6.45, 7) is 6.16. The molecule has 7 heteroatoms. The van der Waals surface area contributed by atoms with E-state index >= 15 is 0 Å². The van der Waals surface area contributed by atoms with Crippen molar-refractivity contribution in [3.63, 3.8) is 0 Å². The fourth-order valence-corrected chi connectivity index (χ4v) is 4.25. The molecule has 3 aromatic rings. The zero-order chi connectivity index (χ0) is 26.8. The molecule has 1 heterocycles. The number of aliphatic carboxylic acids is 1. The zero-order valence-corrected chi connectivity index (χ0v) is 21.8. The number of carboxylic acid groups (broad SMARTS) is 1. The lowest BCUT2D eigenvalue weighted by Crippen LogP contribution is -2.41. The van der Waals surface area contributed by atoms with Crippen LogP contribution in [0.25, 0.3) is 11.1 Å². The Bertz CT molecular complexity index is 1180. The van der Waals surface area contributed by atoms with Gasteiger partial charge in [-0.2, -0.15) is 0 Å². The molecule has 0 bridgehead atoms. The van der Waals surface area contributed by atoms with Gasteiger partial charge in [-0.15, -0.1) is 0 Å². The number of aryl methyl sites for hydroxylation is 2. The van der Waals surface area contributed by atoms with Crippen LogP contribution in [0.4, 0.5) is 0 Å². The second-order valence-electron chi connectivity index (χ2n) is 9.17. The van der Waals surface area contributed by atoms with Gasteiger partial charge in [0.2, 0.25) is 0 Å². The van der Waals surface area contributed by atoms with Crippen LogP contribution in [0.2, 0.25) is 0 Å². The average molecular weight is 508 g/mol. The summed E-state index contributed by atoms with van der Waals surface area (Å²) in [5.74, 6) is 0.0596. The number of benzene rings is 2. The van der Waals surface area contributed by atoms with Gasteiger partial charge < -0.3 is 24.7 Å². The highest BCUT2D eigenvalue weighted by molar-refractivity contribution is 6.02. The molecule has 3 rings (SSSR count). The van der Waals surface area contributed by atoms with E-state index in [1.165, 1.54) is 0 Å². The van der Waals surface area contributed by atoms with Gasteiger partial charge in [-0.25, -0.2) is 4.79 Å². The van der Waals surface area contributed by atoms with Crippen molar-refractivity contribution in [2.75, 3.05) is 6.61 Å². The molecule has 0 saturated carbocycles. The van der Waals surface area contributed by atoms with Crippen LogP contribution < -0.4 is 5.32 Å². The first kappa shape index (κ1) is 28.2. The van der Waals surface area contributed by atoms with Crippen LogP contribution in [0, 0.1) is 6.92 Å². The molecule has 0 spiro atoms. The van der Waals surface area contributed by atoms with Gasteiger partial charge in [0.1, 0.15) is 23.7 Å². The highest BCUT2D eigenvalue weighted by atomic mass is 16.5. The third-order valence-corrected chi connectivity index (χ3v) is 6.40. The van der Waals surface area contributed by atoms with E-state index in [-0.39, 0.29) is 19.1 Å². The van der Waals surface area contributed by atoms with E-state index in [2.05, 4.69) is 19.2 Å². The predicted molar refractivity (Wildman–Crippen MR) is 142 cm³/mol. The Balaban J connectivity index is 1.90. The summed E-state index contributed by atoms with van der Waals surface area (Å²) >= 11 is 0. The van der Waals surface area contributed by atoms with E-state index < -0.39 is 17.9 Å². The highest BCUT2D eigenvalue weighted by Gasteiger charge is 2.23. The molecule has 2 unspecified atom stereocenters. The number of rotatable bonds is 14. The summed E-state index contributed by atoms with van der Waals surface area (Å²) in [5.41, 5.74) is 3.82. The first-order chi connectivity index (χ1) is 17.9. The summed E-state index contributed by atoms with van der Waals surface area (Å²) in [7, 11) is 0. The first-order valence-electron chi connectivity index (χ1n) is 12.9. The van der Waals surface area contributed by atoms with Crippen LogP contribution in [-0.2, 0) is 22.6 Å². The third-order valence-electron chi connectivity index (χ3n) is 6.40. The molecule has 0 aliphatic rings. The van der Waals surface area contributed by atoms with Crippen LogP contribution in [0.3, 0.4) is 0 Å².